The number of nitrogens with zero attached hydrogens (tertiary/aromatic N) is 2. The Balaban J connectivity index is 2.12. The van der Waals surface area contributed by atoms with Gasteiger partial charge >= 0.3 is 0 Å². The summed E-state index contributed by atoms with van der Waals surface area (Å²) in [6.07, 6.45) is 2.04. The molecule has 0 atom stereocenters. The van der Waals surface area contributed by atoms with Crippen molar-refractivity contribution in [2.75, 3.05) is 11.9 Å². The number of nitrogens with one attached hydrogen (secondary N) is 1. The van der Waals surface area contributed by atoms with Crippen LogP contribution in [-0.4, -0.2) is 15.9 Å². The smallest absolute Gasteiger partial charge is 0.137 e. The van der Waals surface area contributed by atoms with Crippen LogP contribution in [0, 0.1) is 12.7 Å². The van der Waals surface area contributed by atoms with Crippen LogP contribution in [0.5, 0.6) is 0 Å². The van der Waals surface area contributed by atoms with E-state index in [1.165, 1.54) is 12.1 Å². The lowest BCUT2D eigenvalue weighted by Gasteiger charge is -2.04. The maximum atomic E-state index is 13.0. The van der Waals surface area contributed by atoms with Crippen LogP contribution in [-0.2, 0) is 0 Å². The molecule has 2 aromatic heterocycles. The van der Waals surface area contributed by atoms with Crippen LogP contribution in [0.4, 0.5) is 10.1 Å². The van der Waals surface area contributed by atoms with Gasteiger partial charge in [0.2, 0.25) is 0 Å². The van der Waals surface area contributed by atoms with E-state index in [2.05, 4.69) is 21.6 Å². The zero-order valence-electron chi connectivity index (χ0n) is 11.5. The summed E-state index contributed by atoms with van der Waals surface area (Å²) in [6.45, 7) is 4.97. The lowest BCUT2D eigenvalue weighted by molar-refractivity contribution is 0.628. The molecule has 0 unspecified atom stereocenters. The molecule has 0 bridgehead atoms. The van der Waals surface area contributed by atoms with Gasteiger partial charge in [0.25, 0.3) is 0 Å². The maximum Gasteiger partial charge on any atom is 0.137 e. The summed E-state index contributed by atoms with van der Waals surface area (Å²) in [6, 6.07) is 10.4. The first kappa shape index (κ1) is 12.7. The van der Waals surface area contributed by atoms with E-state index in [1.807, 2.05) is 25.3 Å². The van der Waals surface area contributed by atoms with Crippen LogP contribution in [0.25, 0.3) is 16.9 Å². The first-order valence-corrected chi connectivity index (χ1v) is 6.67. The maximum absolute atomic E-state index is 13.0. The van der Waals surface area contributed by atoms with Gasteiger partial charge in [0.15, 0.2) is 0 Å². The number of fused-ring (bicyclic) bond motifs is 1. The fraction of sp³-hybridized carbons (Fsp3) is 0.188. The molecule has 0 aliphatic rings. The van der Waals surface area contributed by atoms with Crippen molar-refractivity contribution in [3.63, 3.8) is 0 Å². The normalized spacial score (nSPS) is 10.9. The quantitative estimate of drug-likeness (QED) is 0.781. The second kappa shape index (κ2) is 4.96. The third-order valence-corrected chi connectivity index (χ3v) is 3.36. The van der Waals surface area contributed by atoms with Crippen molar-refractivity contribution in [3.8, 4) is 11.3 Å². The number of pyridine rings is 1. The van der Waals surface area contributed by atoms with Crippen molar-refractivity contribution in [1.29, 1.82) is 0 Å². The summed E-state index contributed by atoms with van der Waals surface area (Å²) >= 11 is 0. The van der Waals surface area contributed by atoms with Crippen LogP contribution >= 0.6 is 0 Å². The molecule has 3 rings (SSSR count). The minimum atomic E-state index is -0.232. The number of halogens is 1. The molecule has 0 aliphatic heterocycles. The molecule has 0 saturated carbocycles. The van der Waals surface area contributed by atoms with Gasteiger partial charge in [-0.1, -0.05) is 0 Å². The van der Waals surface area contributed by atoms with Crippen molar-refractivity contribution >= 4 is 11.3 Å². The van der Waals surface area contributed by atoms with Gasteiger partial charge in [-0.15, -0.1) is 0 Å². The predicted molar refractivity (Wildman–Crippen MR) is 79.5 cm³/mol. The van der Waals surface area contributed by atoms with Gasteiger partial charge in [-0.3, -0.25) is 0 Å². The van der Waals surface area contributed by atoms with Gasteiger partial charge in [0.05, 0.1) is 11.4 Å². The Morgan fingerprint density at radius 2 is 1.90 bits per heavy atom. The van der Waals surface area contributed by atoms with Gasteiger partial charge < -0.3 is 9.72 Å². The van der Waals surface area contributed by atoms with Gasteiger partial charge in [0.1, 0.15) is 11.5 Å². The van der Waals surface area contributed by atoms with Crippen molar-refractivity contribution < 1.29 is 4.39 Å². The largest absolute Gasteiger partial charge is 0.384 e. The van der Waals surface area contributed by atoms with E-state index in [-0.39, 0.29) is 5.82 Å². The topological polar surface area (TPSA) is 29.3 Å². The second-order valence-corrected chi connectivity index (χ2v) is 4.73. The average Bonchev–Trinajstić information content (AvgIpc) is 2.78. The van der Waals surface area contributed by atoms with Crippen LogP contribution in [0.15, 0.2) is 42.6 Å². The van der Waals surface area contributed by atoms with E-state index in [0.29, 0.717) is 0 Å². The molecule has 1 N–H and O–H groups in total. The molecule has 3 aromatic rings. The van der Waals surface area contributed by atoms with E-state index in [9.17, 15) is 4.39 Å². The van der Waals surface area contributed by atoms with E-state index in [0.717, 1.165) is 34.8 Å². The monoisotopic (exact) mass is 269 g/mol. The molecule has 1 aromatic carbocycles. The molecular formula is C16H16FN3. The Labute approximate surface area is 117 Å². The molecule has 2 heterocycles. The third kappa shape index (κ3) is 2.13. The number of benzene rings is 1. The summed E-state index contributed by atoms with van der Waals surface area (Å²) in [4.78, 5) is 4.63. The molecule has 4 heteroatoms. The van der Waals surface area contributed by atoms with E-state index < -0.39 is 0 Å². The highest BCUT2D eigenvalue weighted by Crippen LogP contribution is 2.25. The third-order valence-electron chi connectivity index (χ3n) is 3.36. The van der Waals surface area contributed by atoms with Crippen molar-refractivity contribution in [1.82, 2.24) is 9.38 Å². The first-order valence-electron chi connectivity index (χ1n) is 6.67. The Bertz CT molecular complexity index is 744. The minimum absolute atomic E-state index is 0.232. The Morgan fingerprint density at radius 1 is 1.15 bits per heavy atom. The molecule has 0 saturated heterocycles. The van der Waals surface area contributed by atoms with Crippen molar-refractivity contribution in [3.05, 3.63) is 54.1 Å². The van der Waals surface area contributed by atoms with E-state index in [1.54, 1.807) is 12.1 Å². The highest BCUT2D eigenvalue weighted by atomic mass is 19.1. The highest BCUT2D eigenvalue weighted by molar-refractivity contribution is 5.67. The zero-order valence-corrected chi connectivity index (χ0v) is 11.5. The van der Waals surface area contributed by atoms with Crippen molar-refractivity contribution in [2.45, 2.75) is 13.8 Å². The number of hydrogen-bond donors (Lipinski definition) is 1. The highest BCUT2D eigenvalue weighted by Gasteiger charge is 2.10. The molecule has 0 radical (unpaired) electrons. The molecule has 20 heavy (non-hydrogen) atoms. The molecule has 102 valence electrons. The summed E-state index contributed by atoms with van der Waals surface area (Å²) in [5.74, 6) is -0.232. The van der Waals surface area contributed by atoms with Crippen LogP contribution in [0.1, 0.15) is 12.6 Å². The number of imidazole rings is 1. The van der Waals surface area contributed by atoms with Gasteiger partial charge in [-0.25, -0.2) is 9.37 Å². The number of aryl methyl sites for hydroxylation is 1. The molecule has 0 aliphatic carbocycles. The Hall–Kier alpha value is -2.36. The predicted octanol–water partition coefficient (Wildman–Crippen LogP) is 3.88. The molecule has 3 nitrogen and oxygen atoms in total. The SMILES string of the molecule is CCNc1ccc2nc(-c3ccc(F)cc3)c(C)n2c1. The van der Waals surface area contributed by atoms with Gasteiger partial charge in [0, 0.05) is 24.0 Å². The zero-order chi connectivity index (χ0) is 14.1. The van der Waals surface area contributed by atoms with E-state index in [4.69, 9.17) is 0 Å². The lowest BCUT2D eigenvalue weighted by Crippen LogP contribution is -1.98. The number of rotatable bonds is 3. The molecule has 0 fully saturated rings. The number of anilines is 1. The van der Waals surface area contributed by atoms with Crippen LogP contribution in [0.3, 0.4) is 0 Å². The minimum Gasteiger partial charge on any atom is -0.384 e. The fourth-order valence-corrected chi connectivity index (χ4v) is 2.35. The molecular weight excluding hydrogens is 253 g/mol. The van der Waals surface area contributed by atoms with Gasteiger partial charge in [-0.2, -0.15) is 0 Å². The summed E-state index contributed by atoms with van der Waals surface area (Å²) in [5.41, 5.74) is 4.82. The average molecular weight is 269 g/mol. The summed E-state index contributed by atoms with van der Waals surface area (Å²) < 4.78 is 15.1. The molecule has 0 spiro atoms. The van der Waals surface area contributed by atoms with Gasteiger partial charge in [-0.05, 0) is 50.2 Å². The Kier molecular flexibility index (Phi) is 3.14. The number of hydrogen-bond acceptors (Lipinski definition) is 2. The van der Waals surface area contributed by atoms with Crippen LogP contribution in [0.2, 0.25) is 0 Å². The Morgan fingerprint density at radius 3 is 2.60 bits per heavy atom. The lowest BCUT2D eigenvalue weighted by atomic mass is 10.1. The van der Waals surface area contributed by atoms with E-state index >= 15 is 0 Å². The van der Waals surface area contributed by atoms with Crippen molar-refractivity contribution in [2.24, 2.45) is 0 Å². The number of aromatic nitrogens is 2. The molecule has 0 amide bonds. The second-order valence-electron chi connectivity index (χ2n) is 4.73. The fourth-order valence-electron chi connectivity index (χ4n) is 2.35. The first-order chi connectivity index (χ1) is 9.69. The summed E-state index contributed by atoms with van der Waals surface area (Å²) in [7, 11) is 0. The van der Waals surface area contributed by atoms with Crippen LogP contribution < -0.4 is 5.32 Å². The standard InChI is InChI=1S/C16H16FN3/c1-3-18-14-8-9-15-19-16(11(2)20(15)10-14)12-4-6-13(17)7-5-12/h4-10,18H,3H2,1-2H3. The summed E-state index contributed by atoms with van der Waals surface area (Å²) in [5, 5.41) is 3.29.